The molecule has 3 heterocycles. The van der Waals surface area contributed by atoms with Gasteiger partial charge in [-0.25, -0.2) is 0 Å². The number of hydrogen-bond donors (Lipinski definition) is 1. The number of aryl methyl sites for hydroxylation is 1. The smallest absolute Gasteiger partial charge is 0.193 e. The Bertz CT molecular complexity index is 1000. The second-order valence-electron chi connectivity index (χ2n) is 7.13. The molecule has 6 heteroatoms. The molecule has 0 bridgehead atoms. The van der Waals surface area contributed by atoms with Gasteiger partial charge in [-0.3, -0.25) is 9.78 Å². The number of benzene rings is 1. The molecule has 3 aromatic rings. The summed E-state index contributed by atoms with van der Waals surface area (Å²) < 4.78 is 3.01. The lowest BCUT2D eigenvalue weighted by Gasteiger charge is -2.34. The minimum absolute atomic E-state index is 0.114. The standard InChI is InChI=1S/C21H23BrN4O/c1-25-13-15(21(27)19-7-6-16(22)10-20(19)25)11-24-17-4-3-9-26(14-17)18-5-2-8-23-12-18/h2,5-8,10,12-13,17,24H,3-4,9,11,14H2,1H3/t17-/m0/s1. The van der Waals surface area contributed by atoms with Crippen molar-refractivity contribution in [3.05, 3.63) is 69.2 Å². The normalized spacial score (nSPS) is 17.4. The summed E-state index contributed by atoms with van der Waals surface area (Å²) in [5, 5.41) is 4.36. The van der Waals surface area contributed by atoms with E-state index in [4.69, 9.17) is 0 Å². The zero-order chi connectivity index (χ0) is 18.8. The Kier molecular flexibility index (Phi) is 5.27. The summed E-state index contributed by atoms with van der Waals surface area (Å²) in [4.78, 5) is 19.5. The molecule has 1 atom stereocenters. The molecule has 4 rings (SSSR count). The number of aromatic nitrogens is 2. The van der Waals surface area contributed by atoms with Crippen molar-refractivity contribution in [2.24, 2.45) is 7.05 Å². The van der Waals surface area contributed by atoms with Crippen LogP contribution >= 0.6 is 15.9 Å². The van der Waals surface area contributed by atoms with E-state index in [0.29, 0.717) is 12.6 Å². The maximum absolute atomic E-state index is 12.9. The molecule has 0 aliphatic carbocycles. The van der Waals surface area contributed by atoms with Crippen LogP contribution in [-0.2, 0) is 13.6 Å². The summed E-state index contributed by atoms with van der Waals surface area (Å²) in [7, 11) is 1.99. The molecule has 1 N–H and O–H groups in total. The van der Waals surface area contributed by atoms with Gasteiger partial charge in [0.1, 0.15) is 0 Å². The van der Waals surface area contributed by atoms with Crippen LogP contribution < -0.4 is 15.6 Å². The lowest BCUT2D eigenvalue weighted by molar-refractivity contribution is 0.420. The molecule has 0 radical (unpaired) electrons. The van der Waals surface area contributed by atoms with Gasteiger partial charge in [0, 0.05) is 60.5 Å². The maximum atomic E-state index is 12.9. The largest absolute Gasteiger partial charge is 0.369 e. The van der Waals surface area contributed by atoms with Gasteiger partial charge in [-0.05, 0) is 43.2 Å². The minimum Gasteiger partial charge on any atom is -0.369 e. The molecule has 1 fully saturated rings. The Morgan fingerprint density at radius 1 is 1.33 bits per heavy atom. The molecule has 1 aliphatic rings. The van der Waals surface area contributed by atoms with Crippen LogP contribution in [0, 0.1) is 0 Å². The Morgan fingerprint density at radius 2 is 2.22 bits per heavy atom. The SMILES string of the molecule is Cn1cc(CN[C@H]2CCCN(c3cccnc3)C2)c(=O)c2ccc(Br)cc21. The van der Waals surface area contributed by atoms with E-state index >= 15 is 0 Å². The minimum atomic E-state index is 0.114. The van der Waals surface area contributed by atoms with Crippen LogP contribution in [0.5, 0.6) is 0 Å². The van der Waals surface area contributed by atoms with Gasteiger partial charge in [0.25, 0.3) is 0 Å². The molecule has 0 amide bonds. The Balaban J connectivity index is 1.49. The van der Waals surface area contributed by atoms with Crippen molar-refractivity contribution in [1.29, 1.82) is 0 Å². The molecule has 5 nitrogen and oxygen atoms in total. The molecule has 0 spiro atoms. The molecule has 2 aromatic heterocycles. The maximum Gasteiger partial charge on any atom is 0.193 e. The lowest BCUT2D eigenvalue weighted by Crippen LogP contribution is -2.46. The zero-order valence-electron chi connectivity index (χ0n) is 15.4. The molecular weight excluding hydrogens is 404 g/mol. The first-order valence-electron chi connectivity index (χ1n) is 9.28. The van der Waals surface area contributed by atoms with E-state index < -0.39 is 0 Å². The van der Waals surface area contributed by atoms with E-state index in [1.54, 1.807) is 6.20 Å². The lowest BCUT2D eigenvalue weighted by atomic mass is 10.0. The number of hydrogen-bond acceptors (Lipinski definition) is 4. The van der Waals surface area contributed by atoms with Gasteiger partial charge < -0.3 is 14.8 Å². The summed E-state index contributed by atoms with van der Waals surface area (Å²) in [6.07, 6.45) is 7.93. The monoisotopic (exact) mass is 426 g/mol. The third kappa shape index (κ3) is 3.92. The van der Waals surface area contributed by atoms with Crippen LogP contribution in [-0.4, -0.2) is 28.7 Å². The third-order valence-corrected chi connectivity index (χ3v) is 5.73. The van der Waals surface area contributed by atoms with E-state index in [9.17, 15) is 4.79 Å². The van der Waals surface area contributed by atoms with Crippen molar-refractivity contribution >= 4 is 32.5 Å². The highest BCUT2D eigenvalue weighted by Gasteiger charge is 2.20. The van der Waals surface area contributed by atoms with Crippen molar-refractivity contribution in [1.82, 2.24) is 14.9 Å². The van der Waals surface area contributed by atoms with E-state index in [0.717, 1.165) is 52.6 Å². The highest BCUT2D eigenvalue weighted by atomic mass is 79.9. The fourth-order valence-corrected chi connectivity index (χ4v) is 4.17. The van der Waals surface area contributed by atoms with Gasteiger partial charge in [0.05, 0.1) is 17.4 Å². The Labute approximate surface area is 167 Å². The predicted molar refractivity (Wildman–Crippen MR) is 113 cm³/mol. The van der Waals surface area contributed by atoms with Crippen molar-refractivity contribution in [3.8, 4) is 0 Å². The Morgan fingerprint density at radius 3 is 3.04 bits per heavy atom. The van der Waals surface area contributed by atoms with Crippen LogP contribution in [0.15, 0.2) is 58.2 Å². The molecule has 1 aromatic carbocycles. The second-order valence-corrected chi connectivity index (χ2v) is 8.05. The first-order valence-corrected chi connectivity index (χ1v) is 10.1. The average molecular weight is 427 g/mol. The number of piperidine rings is 1. The third-order valence-electron chi connectivity index (χ3n) is 5.24. The van der Waals surface area contributed by atoms with Gasteiger partial charge in [0.15, 0.2) is 5.43 Å². The summed E-state index contributed by atoms with van der Waals surface area (Å²) >= 11 is 3.48. The predicted octanol–water partition coefficient (Wildman–Crippen LogP) is 3.45. The molecule has 0 unspecified atom stereocenters. The molecular formula is C21H23BrN4O. The van der Waals surface area contributed by atoms with Crippen LogP contribution in [0.1, 0.15) is 18.4 Å². The summed E-state index contributed by atoms with van der Waals surface area (Å²) in [6.45, 7) is 2.58. The van der Waals surface area contributed by atoms with Gasteiger partial charge in [-0.15, -0.1) is 0 Å². The highest BCUT2D eigenvalue weighted by molar-refractivity contribution is 9.10. The van der Waals surface area contributed by atoms with E-state index in [1.165, 1.54) is 0 Å². The number of pyridine rings is 2. The van der Waals surface area contributed by atoms with Crippen LogP contribution in [0.25, 0.3) is 10.9 Å². The molecule has 1 aliphatic heterocycles. The number of nitrogens with zero attached hydrogens (tertiary/aromatic N) is 3. The first-order chi connectivity index (χ1) is 13.1. The quantitative estimate of drug-likeness (QED) is 0.693. The van der Waals surface area contributed by atoms with Crippen LogP contribution in [0.2, 0.25) is 0 Å². The van der Waals surface area contributed by atoms with E-state index in [1.807, 2.05) is 48.3 Å². The van der Waals surface area contributed by atoms with E-state index in [-0.39, 0.29) is 5.43 Å². The fraction of sp³-hybridized carbons (Fsp3) is 0.333. The average Bonchev–Trinajstić information content (AvgIpc) is 2.70. The second kappa shape index (κ2) is 7.82. The molecule has 0 saturated carbocycles. The topological polar surface area (TPSA) is 50.2 Å². The summed E-state index contributed by atoms with van der Waals surface area (Å²) in [5.41, 5.74) is 3.03. The van der Waals surface area contributed by atoms with Crippen molar-refractivity contribution in [2.75, 3.05) is 18.0 Å². The first kappa shape index (κ1) is 18.2. The van der Waals surface area contributed by atoms with Gasteiger partial charge in [-0.1, -0.05) is 15.9 Å². The van der Waals surface area contributed by atoms with Gasteiger partial charge in [0.2, 0.25) is 0 Å². The Hall–Kier alpha value is -2.18. The number of halogens is 1. The van der Waals surface area contributed by atoms with Crippen molar-refractivity contribution in [3.63, 3.8) is 0 Å². The van der Waals surface area contributed by atoms with Crippen LogP contribution in [0.3, 0.4) is 0 Å². The number of rotatable bonds is 4. The zero-order valence-corrected chi connectivity index (χ0v) is 16.9. The molecule has 27 heavy (non-hydrogen) atoms. The molecule has 1 saturated heterocycles. The summed E-state index contributed by atoms with van der Waals surface area (Å²) in [6, 6.07) is 10.3. The number of nitrogens with one attached hydrogen (secondary N) is 1. The van der Waals surface area contributed by atoms with Crippen molar-refractivity contribution in [2.45, 2.75) is 25.4 Å². The highest BCUT2D eigenvalue weighted by Crippen LogP contribution is 2.20. The van der Waals surface area contributed by atoms with Crippen molar-refractivity contribution < 1.29 is 0 Å². The van der Waals surface area contributed by atoms with Gasteiger partial charge in [-0.2, -0.15) is 0 Å². The van der Waals surface area contributed by atoms with Crippen LogP contribution in [0.4, 0.5) is 5.69 Å². The number of anilines is 1. The number of fused-ring (bicyclic) bond motifs is 1. The van der Waals surface area contributed by atoms with Gasteiger partial charge >= 0.3 is 0 Å². The summed E-state index contributed by atoms with van der Waals surface area (Å²) in [5.74, 6) is 0. The molecule has 140 valence electrons. The fourth-order valence-electron chi connectivity index (χ4n) is 3.82. The van der Waals surface area contributed by atoms with E-state index in [2.05, 4.69) is 37.2 Å².